The topological polar surface area (TPSA) is 0 Å². The van der Waals surface area contributed by atoms with E-state index in [0.29, 0.717) is 0 Å². The molecule has 0 saturated heterocycles. The van der Waals surface area contributed by atoms with Crippen molar-refractivity contribution < 1.29 is 0 Å². The first-order valence-electron chi connectivity index (χ1n) is 26.9. The van der Waals surface area contributed by atoms with Crippen LogP contribution in [0, 0.1) is 0 Å². The van der Waals surface area contributed by atoms with Crippen LogP contribution in [0.4, 0.5) is 0 Å². The molecule has 0 bridgehead atoms. The van der Waals surface area contributed by atoms with Crippen LogP contribution in [0.25, 0.3) is 0 Å². The van der Waals surface area contributed by atoms with Crippen LogP contribution in [-0.2, 0) is 0 Å². The van der Waals surface area contributed by atoms with Crippen LogP contribution >= 0.6 is 14.5 Å². The van der Waals surface area contributed by atoms with Gasteiger partial charge in [-0.3, -0.25) is 0 Å². The normalized spacial score (nSPS) is 19.9. The molecule has 0 aliphatic heterocycles. The van der Waals surface area contributed by atoms with E-state index in [4.69, 9.17) is 0 Å². The lowest BCUT2D eigenvalue weighted by molar-refractivity contribution is 0.475. The molecule has 2 heteroatoms. The molecule has 0 amide bonds. The monoisotopic (exact) mass is 805 g/mol. The minimum atomic E-state index is -1.03. The quantitative estimate of drug-likeness (QED) is 0.0442. The Balaban J connectivity index is 1.77. The highest BCUT2D eigenvalue weighted by atomic mass is 31.2. The molecule has 3 aliphatic carbocycles. The fourth-order valence-corrected chi connectivity index (χ4v) is 27.6. The molecule has 0 radical (unpaired) electrons. The van der Waals surface area contributed by atoms with Gasteiger partial charge < -0.3 is 0 Å². The Bertz CT molecular complexity index is 817. The van der Waals surface area contributed by atoms with E-state index in [0.717, 1.165) is 11.3 Å². The Morgan fingerprint density at radius 1 is 0.327 bits per heavy atom. The highest BCUT2D eigenvalue weighted by Gasteiger charge is 2.57. The lowest BCUT2D eigenvalue weighted by Crippen LogP contribution is -2.36. The molecule has 0 spiro atoms. The Hall–Kier alpha value is 0.860. The van der Waals surface area contributed by atoms with Gasteiger partial charge in [0.15, 0.2) is 0 Å². The smallest absolute Gasteiger partial charge is 0.0654 e. The van der Waals surface area contributed by atoms with E-state index in [9.17, 15) is 0 Å². The third kappa shape index (κ3) is 19.0. The van der Waals surface area contributed by atoms with Crippen LogP contribution in [0.3, 0.4) is 0 Å². The zero-order valence-corrected chi connectivity index (χ0v) is 40.8. The molecule has 0 heterocycles. The minimum absolute atomic E-state index is 0.988. The Morgan fingerprint density at radius 2 is 0.673 bits per heavy atom. The summed E-state index contributed by atoms with van der Waals surface area (Å²) in [6.45, 7) is 9.87. The maximum absolute atomic E-state index is 2.67. The largest absolute Gasteiger partial charge is 0.0935 e. The van der Waals surface area contributed by atoms with Crippen molar-refractivity contribution in [3.63, 3.8) is 0 Å². The van der Waals surface area contributed by atoms with E-state index in [-0.39, 0.29) is 0 Å². The first-order valence-corrected chi connectivity index (χ1v) is 31.5. The molecule has 0 nitrogen and oxygen atoms in total. The van der Waals surface area contributed by atoms with Gasteiger partial charge in [-0.05, 0) is 122 Å². The number of unbranched alkanes of at least 4 members (excludes halogenated alkanes) is 21. The van der Waals surface area contributed by atoms with Crippen LogP contribution in [0.2, 0.25) is 0 Å². The number of hydrogen-bond donors (Lipinski definition) is 0. The van der Waals surface area contributed by atoms with Crippen molar-refractivity contribution in [2.24, 2.45) is 0 Å². The Kier molecular flexibility index (Phi) is 29.8. The standard InChI is InChI=1S/C53H106P2/c1-5-9-12-14-16-18-20-22-24-26-37-46-54(50(8-4)39-11-7-3,51-40-31-28-32-41-51)48-49-55(52-42-33-29-34-43-52,53-44-35-30-36-45-53)47-38-27-25-23-21-19-17-15-13-10-6-2/h50-53H,5-49H2,1-4H3/q+2. The lowest BCUT2D eigenvalue weighted by Gasteiger charge is -2.47. The summed E-state index contributed by atoms with van der Waals surface area (Å²) in [4.78, 5) is 0. The van der Waals surface area contributed by atoms with Crippen molar-refractivity contribution in [1.82, 2.24) is 0 Å². The molecule has 2 atom stereocenters. The maximum atomic E-state index is 2.67. The molecule has 3 saturated carbocycles. The first-order chi connectivity index (χ1) is 27.2. The maximum Gasteiger partial charge on any atom is 0.0935 e. The summed E-state index contributed by atoms with van der Waals surface area (Å²) in [6.07, 6.45) is 70.0. The van der Waals surface area contributed by atoms with E-state index >= 15 is 0 Å². The third-order valence-electron chi connectivity index (χ3n) is 16.3. The Morgan fingerprint density at radius 3 is 1.05 bits per heavy atom. The van der Waals surface area contributed by atoms with Gasteiger partial charge in [0.2, 0.25) is 0 Å². The van der Waals surface area contributed by atoms with Gasteiger partial charge in [0, 0.05) is 14.5 Å². The minimum Gasteiger partial charge on any atom is -0.0654 e. The zero-order chi connectivity index (χ0) is 39.1. The molecular weight excluding hydrogens is 699 g/mol. The summed E-state index contributed by atoms with van der Waals surface area (Å²) in [5.74, 6) is 0. The molecular formula is C53H106P2+2. The van der Waals surface area contributed by atoms with Gasteiger partial charge in [-0.1, -0.05) is 169 Å². The van der Waals surface area contributed by atoms with Crippen LogP contribution in [0.1, 0.15) is 291 Å². The predicted octanol–water partition coefficient (Wildman–Crippen LogP) is 19.6. The van der Waals surface area contributed by atoms with E-state index in [1.807, 2.05) is 0 Å². The molecule has 0 aromatic rings. The van der Waals surface area contributed by atoms with Gasteiger partial charge in [0.25, 0.3) is 0 Å². The van der Waals surface area contributed by atoms with Crippen molar-refractivity contribution >= 4 is 14.5 Å². The van der Waals surface area contributed by atoms with Crippen molar-refractivity contribution in [2.45, 2.75) is 314 Å². The second-order valence-electron chi connectivity index (χ2n) is 20.3. The summed E-state index contributed by atoms with van der Waals surface area (Å²) >= 11 is 0. The average Bonchev–Trinajstić information content (AvgIpc) is 3.23. The molecule has 326 valence electrons. The van der Waals surface area contributed by atoms with Crippen LogP contribution in [0.15, 0.2) is 0 Å². The van der Waals surface area contributed by atoms with E-state index < -0.39 is 14.5 Å². The van der Waals surface area contributed by atoms with Gasteiger partial charge in [-0.25, -0.2) is 0 Å². The number of hydrogen-bond acceptors (Lipinski definition) is 0. The van der Waals surface area contributed by atoms with E-state index in [1.165, 1.54) is 146 Å². The summed E-state index contributed by atoms with van der Waals surface area (Å²) in [6, 6.07) is 0. The van der Waals surface area contributed by atoms with E-state index in [2.05, 4.69) is 27.7 Å². The fourth-order valence-electron chi connectivity index (χ4n) is 12.8. The molecule has 3 fully saturated rings. The van der Waals surface area contributed by atoms with Crippen LogP contribution in [-0.4, -0.2) is 47.3 Å². The molecule has 0 N–H and O–H groups in total. The highest BCUT2D eigenvalue weighted by molar-refractivity contribution is 7.81. The van der Waals surface area contributed by atoms with Crippen molar-refractivity contribution in [2.75, 3.05) is 24.6 Å². The first kappa shape index (κ1) is 50.2. The molecule has 2 unspecified atom stereocenters. The van der Waals surface area contributed by atoms with Gasteiger partial charge in [0.1, 0.15) is 0 Å². The summed E-state index contributed by atoms with van der Waals surface area (Å²) in [7, 11) is -2.02. The van der Waals surface area contributed by atoms with Crippen LogP contribution < -0.4 is 0 Å². The molecule has 55 heavy (non-hydrogen) atoms. The summed E-state index contributed by atoms with van der Waals surface area (Å²) < 4.78 is 0. The molecule has 3 rings (SSSR count). The summed E-state index contributed by atoms with van der Waals surface area (Å²) in [5.41, 5.74) is 4.57. The average molecular weight is 805 g/mol. The zero-order valence-electron chi connectivity index (χ0n) is 39.0. The van der Waals surface area contributed by atoms with Crippen LogP contribution in [0.5, 0.6) is 0 Å². The van der Waals surface area contributed by atoms with Gasteiger partial charge in [-0.2, -0.15) is 0 Å². The molecule has 3 aliphatic rings. The SMILES string of the molecule is CCCCCCCCCCCCC[P+](CC[P+](CCCCCCCCCCCCC)(C1CCCCC1)C1CCCCC1)(C(CC)CCCC)C1CCCCC1. The predicted molar refractivity (Wildman–Crippen MR) is 260 cm³/mol. The second-order valence-corrected chi connectivity index (χ2v) is 29.4. The highest BCUT2D eigenvalue weighted by Crippen LogP contribution is 2.78. The fraction of sp³-hybridized carbons (Fsp3) is 1.00. The number of rotatable bonds is 35. The van der Waals surface area contributed by atoms with Gasteiger partial charge >= 0.3 is 0 Å². The van der Waals surface area contributed by atoms with E-state index in [1.54, 1.807) is 153 Å². The van der Waals surface area contributed by atoms with Gasteiger partial charge in [-0.15, -0.1) is 0 Å². The van der Waals surface area contributed by atoms with Crippen molar-refractivity contribution in [3.8, 4) is 0 Å². The summed E-state index contributed by atoms with van der Waals surface area (Å²) in [5, 5.41) is 0. The second kappa shape index (κ2) is 32.6. The lowest BCUT2D eigenvalue weighted by atomic mass is 9.99. The molecule has 0 aromatic carbocycles. The third-order valence-corrected chi connectivity index (χ3v) is 29.0. The Labute approximate surface area is 351 Å². The van der Waals surface area contributed by atoms with Gasteiger partial charge in [0.05, 0.1) is 47.3 Å². The molecule has 0 aromatic heterocycles. The van der Waals surface area contributed by atoms with Crippen molar-refractivity contribution in [1.29, 1.82) is 0 Å². The van der Waals surface area contributed by atoms with Crippen molar-refractivity contribution in [3.05, 3.63) is 0 Å².